The molecule has 1 atom stereocenters. The van der Waals surface area contributed by atoms with Crippen LogP contribution in [0.3, 0.4) is 0 Å². The summed E-state index contributed by atoms with van der Waals surface area (Å²) < 4.78 is 0. The van der Waals surface area contributed by atoms with Gasteiger partial charge in [0.25, 0.3) is 0 Å². The van der Waals surface area contributed by atoms with Crippen molar-refractivity contribution in [3.05, 3.63) is 0 Å². The van der Waals surface area contributed by atoms with E-state index in [2.05, 4.69) is 0 Å². The van der Waals surface area contributed by atoms with Crippen molar-refractivity contribution in [3.8, 4) is 0 Å². The number of hydrogen-bond donors (Lipinski definition) is 3. The normalized spacial score (nSPS) is 35.4. The lowest BCUT2D eigenvalue weighted by molar-refractivity contribution is -0.264. The van der Waals surface area contributed by atoms with Gasteiger partial charge in [0.05, 0.1) is 5.54 Å². The zero-order chi connectivity index (χ0) is 11.9. The molecule has 1 saturated heterocycles. The third kappa shape index (κ3) is 1.91. The molecule has 1 aliphatic rings. The molecule has 0 radical (unpaired) electrons. The molecule has 1 heterocycles. The van der Waals surface area contributed by atoms with Crippen molar-refractivity contribution < 1.29 is 10.3 Å². The monoisotopic (exact) mass is 216 g/mol. The second kappa shape index (κ2) is 3.70. The predicted molar refractivity (Wildman–Crippen MR) is 59.6 cm³/mol. The van der Waals surface area contributed by atoms with Gasteiger partial charge in [-0.25, -0.2) is 0 Å². The molecule has 1 unspecified atom stereocenters. The minimum Gasteiger partial charge on any atom is -0.396 e. The van der Waals surface area contributed by atoms with Crippen LogP contribution in [0.5, 0.6) is 0 Å². The van der Waals surface area contributed by atoms with Crippen LogP contribution >= 0.6 is 0 Å². The highest BCUT2D eigenvalue weighted by Gasteiger charge is 2.53. The van der Waals surface area contributed by atoms with Crippen LogP contribution in [0, 0.1) is 0 Å². The Morgan fingerprint density at radius 2 is 1.73 bits per heavy atom. The molecule has 0 saturated carbocycles. The van der Waals surface area contributed by atoms with Crippen molar-refractivity contribution in [1.29, 1.82) is 0 Å². The molecular weight excluding hydrogens is 192 g/mol. The lowest BCUT2D eigenvalue weighted by Crippen LogP contribution is -2.72. The molecule has 90 valence electrons. The predicted octanol–water partition coefficient (Wildman–Crippen LogP) is 1.11. The van der Waals surface area contributed by atoms with E-state index in [1.54, 1.807) is 0 Å². The summed E-state index contributed by atoms with van der Waals surface area (Å²) in [4.78, 5) is 0. The lowest BCUT2D eigenvalue weighted by atomic mass is 9.67. The summed E-state index contributed by atoms with van der Waals surface area (Å²) >= 11 is 0. The smallest absolute Gasteiger partial charge is 0.0590 e. The van der Waals surface area contributed by atoms with Crippen molar-refractivity contribution in [2.75, 3.05) is 6.61 Å². The van der Waals surface area contributed by atoms with Gasteiger partial charge < -0.3 is 16.0 Å². The van der Waals surface area contributed by atoms with E-state index < -0.39 is 11.1 Å². The second-order valence-corrected chi connectivity index (χ2v) is 5.81. The van der Waals surface area contributed by atoms with Crippen LogP contribution in [0.2, 0.25) is 0 Å². The molecule has 0 aromatic heterocycles. The minimum absolute atomic E-state index is 0.0637. The van der Waals surface area contributed by atoms with Gasteiger partial charge in [-0.3, -0.25) is 0 Å². The Labute approximate surface area is 92.0 Å². The topological polar surface area (TPSA) is 69.7 Å². The van der Waals surface area contributed by atoms with Crippen molar-refractivity contribution in [1.82, 2.24) is 5.06 Å². The molecule has 0 aliphatic carbocycles. The summed E-state index contributed by atoms with van der Waals surface area (Å²) in [5.41, 5.74) is 5.01. The van der Waals surface area contributed by atoms with Gasteiger partial charge >= 0.3 is 0 Å². The van der Waals surface area contributed by atoms with Crippen molar-refractivity contribution in [2.45, 2.75) is 63.6 Å². The first-order chi connectivity index (χ1) is 6.67. The Bertz CT molecular complexity index is 241. The summed E-state index contributed by atoms with van der Waals surface area (Å²) in [6.07, 6.45) is 2.18. The van der Waals surface area contributed by atoms with E-state index >= 15 is 0 Å². The molecule has 0 bridgehead atoms. The second-order valence-electron chi connectivity index (χ2n) is 5.81. The van der Waals surface area contributed by atoms with Crippen molar-refractivity contribution in [3.63, 3.8) is 0 Å². The summed E-state index contributed by atoms with van der Waals surface area (Å²) in [5, 5.41) is 20.6. The zero-order valence-corrected chi connectivity index (χ0v) is 10.2. The Kier molecular flexibility index (Phi) is 3.18. The average Bonchev–Trinajstić information content (AvgIpc) is 2.12. The number of aliphatic hydroxyl groups is 1. The number of rotatable bonds is 2. The van der Waals surface area contributed by atoms with Crippen molar-refractivity contribution >= 4 is 0 Å². The number of aliphatic hydroxyl groups excluding tert-OH is 1. The Morgan fingerprint density at radius 3 is 2.20 bits per heavy atom. The first-order valence-electron chi connectivity index (χ1n) is 5.56. The maximum Gasteiger partial charge on any atom is 0.0590 e. The standard InChI is InChI=1S/C11H24N2O2/c1-9(2)5-6-11(12,7-8-14)10(3,4)13(9)15/h14-15H,5-8,12H2,1-4H3. The van der Waals surface area contributed by atoms with Crippen LogP contribution in [-0.4, -0.2) is 38.6 Å². The maximum absolute atomic E-state index is 10.2. The van der Waals surface area contributed by atoms with Crippen molar-refractivity contribution in [2.24, 2.45) is 5.73 Å². The molecule has 4 N–H and O–H groups in total. The third-order valence-corrected chi connectivity index (χ3v) is 4.06. The minimum atomic E-state index is -0.522. The van der Waals surface area contributed by atoms with Crippen LogP contribution in [0.4, 0.5) is 0 Å². The molecule has 0 spiro atoms. The van der Waals surface area contributed by atoms with Gasteiger partial charge in [-0.2, -0.15) is 5.06 Å². The molecule has 15 heavy (non-hydrogen) atoms. The molecular formula is C11H24N2O2. The number of nitrogens with zero attached hydrogens (tertiary/aromatic N) is 1. The number of piperidine rings is 1. The summed E-state index contributed by atoms with van der Waals surface area (Å²) in [6, 6.07) is 0. The van der Waals surface area contributed by atoms with Crippen LogP contribution in [-0.2, 0) is 0 Å². The van der Waals surface area contributed by atoms with Gasteiger partial charge in [0.2, 0.25) is 0 Å². The molecule has 4 heteroatoms. The lowest BCUT2D eigenvalue weighted by Gasteiger charge is -2.58. The first kappa shape index (κ1) is 12.9. The summed E-state index contributed by atoms with van der Waals surface area (Å²) in [6.45, 7) is 7.95. The fourth-order valence-corrected chi connectivity index (χ4v) is 2.54. The van der Waals surface area contributed by atoms with Crippen LogP contribution < -0.4 is 5.73 Å². The first-order valence-corrected chi connectivity index (χ1v) is 5.56. The van der Waals surface area contributed by atoms with E-state index in [0.717, 1.165) is 12.8 Å². The maximum atomic E-state index is 10.2. The van der Waals surface area contributed by atoms with E-state index in [1.807, 2.05) is 27.7 Å². The van der Waals surface area contributed by atoms with E-state index in [-0.39, 0.29) is 12.1 Å². The van der Waals surface area contributed by atoms with E-state index in [1.165, 1.54) is 5.06 Å². The third-order valence-electron chi connectivity index (χ3n) is 4.06. The number of nitrogens with two attached hydrogens (primary N) is 1. The molecule has 1 fully saturated rings. The average molecular weight is 216 g/mol. The van der Waals surface area contributed by atoms with E-state index in [9.17, 15) is 5.21 Å². The molecule has 1 aliphatic heterocycles. The van der Waals surface area contributed by atoms with Gasteiger partial charge in [0.15, 0.2) is 0 Å². The fraction of sp³-hybridized carbons (Fsp3) is 1.00. The fourth-order valence-electron chi connectivity index (χ4n) is 2.54. The SMILES string of the molecule is CC1(C)CCC(N)(CCO)C(C)(C)N1O. The van der Waals surface area contributed by atoms with Crippen LogP contribution in [0.15, 0.2) is 0 Å². The van der Waals surface area contributed by atoms with E-state index in [0.29, 0.717) is 6.42 Å². The van der Waals surface area contributed by atoms with Gasteiger partial charge in [-0.1, -0.05) is 0 Å². The van der Waals surface area contributed by atoms with Gasteiger partial charge in [0, 0.05) is 17.7 Å². The van der Waals surface area contributed by atoms with Crippen LogP contribution in [0.25, 0.3) is 0 Å². The quantitative estimate of drug-likeness (QED) is 0.646. The molecule has 0 amide bonds. The Balaban J connectivity index is 2.98. The van der Waals surface area contributed by atoms with Gasteiger partial charge in [0.1, 0.15) is 0 Å². The summed E-state index contributed by atoms with van der Waals surface area (Å²) in [5.74, 6) is 0. The summed E-state index contributed by atoms with van der Waals surface area (Å²) in [7, 11) is 0. The number of hydrogen-bond acceptors (Lipinski definition) is 4. The Hall–Kier alpha value is -0.160. The zero-order valence-electron chi connectivity index (χ0n) is 10.2. The van der Waals surface area contributed by atoms with Crippen LogP contribution in [0.1, 0.15) is 47.0 Å². The van der Waals surface area contributed by atoms with E-state index in [4.69, 9.17) is 10.8 Å². The highest BCUT2D eigenvalue weighted by Crippen LogP contribution is 2.43. The molecule has 0 aromatic carbocycles. The molecule has 4 nitrogen and oxygen atoms in total. The highest BCUT2D eigenvalue weighted by molar-refractivity contribution is 5.10. The van der Waals surface area contributed by atoms with Gasteiger partial charge in [-0.15, -0.1) is 0 Å². The highest BCUT2D eigenvalue weighted by atomic mass is 16.5. The van der Waals surface area contributed by atoms with Gasteiger partial charge in [-0.05, 0) is 47.0 Å². The number of hydroxylamine groups is 2. The largest absolute Gasteiger partial charge is 0.396 e. The Morgan fingerprint density at radius 1 is 1.20 bits per heavy atom. The molecule has 0 aromatic rings. The molecule has 1 rings (SSSR count).